The van der Waals surface area contributed by atoms with Gasteiger partial charge in [-0.2, -0.15) is 0 Å². The van der Waals surface area contributed by atoms with E-state index >= 15 is 0 Å². The average molecular weight is 180 g/mol. The van der Waals surface area contributed by atoms with Crippen molar-refractivity contribution in [3.8, 4) is 0 Å². The van der Waals surface area contributed by atoms with E-state index in [9.17, 15) is 4.79 Å². The lowest BCUT2D eigenvalue weighted by Gasteiger charge is -2.28. The molecular formula is C11H18NO. The minimum atomic E-state index is 0.0587. The van der Waals surface area contributed by atoms with Gasteiger partial charge in [0.1, 0.15) is 0 Å². The summed E-state index contributed by atoms with van der Waals surface area (Å²) in [6, 6.07) is 0. The Kier molecular flexibility index (Phi) is 3.12. The van der Waals surface area contributed by atoms with Crippen molar-refractivity contribution in [3.05, 3.63) is 19.1 Å². The number of nitrogens with zero attached hydrogens (tertiary/aromatic N) is 1. The van der Waals surface area contributed by atoms with Crippen molar-refractivity contribution in [3.63, 3.8) is 0 Å². The standard InChI is InChI=1S/C11H18NO/c1-4-10(13)12-8-6-5-7-11(2,3)9-12/h4-5H,1,6-9H2,2-3H3. The van der Waals surface area contributed by atoms with Crippen LogP contribution < -0.4 is 0 Å². The van der Waals surface area contributed by atoms with Crippen LogP contribution in [0.4, 0.5) is 0 Å². The summed E-state index contributed by atoms with van der Waals surface area (Å²) in [5.74, 6) is 0.0587. The Bertz CT molecular complexity index is 208. The Morgan fingerprint density at radius 3 is 2.92 bits per heavy atom. The average Bonchev–Trinajstić information content (AvgIpc) is 2.25. The number of hydrogen-bond donors (Lipinski definition) is 0. The number of rotatable bonds is 1. The second-order valence-electron chi connectivity index (χ2n) is 4.41. The minimum absolute atomic E-state index is 0.0587. The van der Waals surface area contributed by atoms with Gasteiger partial charge in [0.15, 0.2) is 0 Å². The van der Waals surface area contributed by atoms with E-state index < -0.39 is 0 Å². The quantitative estimate of drug-likeness (QED) is 0.565. The van der Waals surface area contributed by atoms with Crippen molar-refractivity contribution < 1.29 is 4.79 Å². The van der Waals surface area contributed by atoms with Crippen LogP contribution >= 0.6 is 0 Å². The lowest BCUT2D eigenvalue weighted by molar-refractivity contribution is -0.127. The summed E-state index contributed by atoms with van der Waals surface area (Å²) in [4.78, 5) is 13.3. The fourth-order valence-electron chi connectivity index (χ4n) is 1.72. The van der Waals surface area contributed by atoms with Crippen molar-refractivity contribution in [2.45, 2.75) is 26.7 Å². The molecule has 1 amide bonds. The molecule has 1 heterocycles. The molecule has 1 saturated heterocycles. The smallest absolute Gasteiger partial charge is 0.245 e. The normalized spacial score (nSPS) is 22.2. The highest BCUT2D eigenvalue weighted by atomic mass is 16.2. The molecule has 13 heavy (non-hydrogen) atoms. The van der Waals surface area contributed by atoms with Gasteiger partial charge in [-0.15, -0.1) is 0 Å². The van der Waals surface area contributed by atoms with E-state index in [1.807, 2.05) is 4.90 Å². The van der Waals surface area contributed by atoms with Crippen LogP contribution in [0.1, 0.15) is 26.7 Å². The van der Waals surface area contributed by atoms with Gasteiger partial charge in [-0.25, -0.2) is 0 Å². The summed E-state index contributed by atoms with van der Waals surface area (Å²) < 4.78 is 0. The van der Waals surface area contributed by atoms with E-state index in [2.05, 4.69) is 26.8 Å². The van der Waals surface area contributed by atoms with E-state index in [1.165, 1.54) is 6.08 Å². The minimum Gasteiger partial charge on any atom is -0.339 e. The fourth-order valence-corrected chi connectivity index (χ4v) is 1.72. The van der Waals surface area contributed by atoms with Gasteiger partial charge in [0, 0.05) is 13.1 Å². The first kappa shape index (κ1) is 10.3. The highest BCUT2D eigenvalue weighted by Gasteiger charge is 2.26. The summed E-state index contributed by atoms with van der Waals surface area (Å²) in [7, 11) is 0. The Balaban J connectivity index is 2.64. The molecule has 0 aromatic rings. The molecule has 0 aromatic carbocycles. The molecule has 1 radical (unpaired) electrons. The number of amides is 1. The lowest BCUT2D eigenvalue weighted by atomic mass is 9.88. The van der Waals surface area contributed by atoms with Crippen LogP contribution in [0, 0.1) is 11.8 Å². The predicted octanol–water partition coefficient (Wildman–Crippen LogP) is 2.03. The van der Waals surface area contributed by atoms with Crippen molar-refractivity contribution in [2.75, 3.05) is 13.1 Å². The Labute approximate surface area is 80.6 Å². The van der Waals surface area contributed by atoms with Crippen LogP contribution in [-0.2, 0) is 4.79 Å². The van der Waals surface area contributed by atoms with Gasteiger partial charge in [-0.3, -0.25) is 4.79 Å². The topological polar surface area (TPSA) is 20.3 Å². The molecule has 0 atom stereocenters. The summed E-state index contributed by atoms with van der Waals surface area (Å²) in [6.07, 6.45) is 5.77. The largest absolute Gasteiger partial charge is 0.339 e. The van der Waals surface area contributed by atoms with Gasteiger partial charge in [0.2, 0.25) is 5.91 Å². The summed E-state index contributed by atoms with van der Waals surface area (Å²) in [6.45, 7) is 9.58. The highest BCUT2D eigenvalue weighted by molar-refractivity contribution is 5.87. The van der Waals surface area contributed by atoms with Crippen LogP contribution in [0.3, 0.4) is 0 Å². The summed E-state index contributed by atoms with van der Waals surface area (Å²) in [5, 5.41) is 0. The molecule has 0 aromatic heterocycles. The molecule has 0 N–H and O–H groups in total. The van der Waals surface area contributed by atoms with E-state index in [0.29, 0.717) is 0 Å². The molecule has 0 saturated carbocycles. The maximum atomic E-state index is 11.4. The van der Waals surface area contributed by atoms with Crippen molar-refractivity contribution >= 4 is 5.91 Å². The molecule has 2 nitrogen and oxygen atoms in total. The van der Waals surface area contributed by atoms with E-state index in [4.69, 9.17) is 0 Å². The third kappa shape index (κ3) is 2.87. The number of carbonyl (C=O) groups excluding carboxylic acids is 1. The van der Waals surface area contributed by atoms with Gasteiger partial charge < -0.3 is 4.90 Å². The molecule has 1 aliphatic heterocycles. The zero-order valence-electron chi connectivity index (χ0n) is 8.55. The zero-order valence-corrected chi connectivity index (χ0v) is 8.55. The van der Waals surface area contributed by atoms with Crippen molar-refractivity contribution in [1.29, 1.82) is 0 Å². The predicted molar refractivity (Wildman–Crippen MR) is 54.1 cm³/mol. The van der Waals surface area contributed by atoms with Crippen LogP contribution in [0.2, 0.25) is 0 Å². The third-order valence-corrected chi connectivity index (χ3v) is 2.41. The molecule has 1 fully saturated rings. The van der Waals surface area contributed by atoms with E-state index in [1.54, 1.807) is 0 Å². The highest BCUT2D eigenvalue weighted by Crippen LogP contribution is 2.27. The van der Waals surface area contributed by atoms with Gasteiger partial charge in [-0.05, 0) is 30.8 Å². The second-order valence-corrected chi connectivity index (χ2v) is 4.41. The molecule has 0 aliphatic carbocycles. The number of hydrogen-bond acceptors (Lipinski definition) is 1. The monoisotopic (exact) mass is 180 g/mol. The molecule has 1 rings (SSSR count). The third-order valence-electron chi connectivity index (χ3n) is 2.41. The van der Waals surface area contributed by atoms with Crippen LogP contribution in [-0.4, -0.2) is 23.9 Å². The summed E-state index contributed by atoms with van der Waals surface area (Å²) >= 11 is 0. The van der Waals surface area contributed by atoms with Gasteiger partial charge in [0.25, 0.3) is 0 Å². The maximum absolute atomic E-state index is 11.4. The Morgan fingerprint density at radius 2 is 2.31 bits per heavy atom. The fraction of sp³-hybridized carbons (Fsp3) is 0.636. The van der Waals surface area contributed by atoms with Crippen LogP contribution in [0.25, 0.3) is 0 Å². The molecule has 0 spiro atoms. The molecular weight excluding hydrogens is 162 g/mol. The van der Waals surface area contributed by atoms with Crippen molar-refractivity contribution in [2.24, 2.45) is 5.41 Å². The van der Waals surface area contributed by atoms with E-state index in [-0.39, 0.29) is 11.3 Å². The lowest BCUT2D eigenvalue weighted by Crippen LogP contribution is -2.36. The van der Waals surface area contributed by atoms with Crippen molar-refractivity contribution in [1.82, 2.24) is 4.90 Å². The van der Waals surface area contributed by atoms with Gasteiger partial charge in [-0.1, -0.05) is 20.4 Å². The Hall–Kier alpha value is -0.790. The number of carbonyl (C=O) groups is 1. The molecule has 0 unspecified atom stereocenters. The summed E-state index contributed by atoms with van der Waals surface area (Å²) in [5.41, 5.74) is 0.217. The molecule has 73 valence electrons. The van der Waals surface area contributed by atoms with Gasteiger partial charge in [0.05, 0.1) is 0 Å². The first-order valence-electron chi connectivity index (χ1n) is 4.78. The van der Waals surface area contributed by atoms with Gasteiger partial charge >= 0.3 is 0 Å². The molecule has 2 heteroatoms. The Morgan fingerprint density at radius 1 is 1.62 bits per heavy atom. The number of likely N-dealkylation sites (tertiary alicyclic amines) is 1. The first-order chi connectivity index (χ1) is 6.05. The SMILES string of the molecule is C=CC(=O)N1CC[CH]CC(C)(C)C1. The zero-order chi connectivity index (χ0) is 9.90. The van der Waals surface area contributed by atoms with E-state index in [0.717, 1.165) is 25.9 Å². The van der Waals surface area contributed by atoms with Crippen LogP contribution in [0.15, 0.2) is 12.7 Å². The molecule has 1 aliphatic rings. The maximum Gasteiger partial charge on any atom is 0.245 e. The van der Waals surface area contributed by atoms with Crippen LogP contribution in [0.5, 0.6) is 0 Å². The first-order valence-corrected chi connectivity index (χ1v) is 4.78. The molecule has 0 bridgehead atoms. The second kappa shape index (κ2) is 3.95.